The molecule has 1 heterocycles. The van der Waals surface area contributed by atoms with E-state index in [0.29, 0.717) is 18.2 Å². The number of hydrogen-bond donors (Lipinski definition) is 3. The Morgan fingerprint density at radius 3 is 2.67 bits per heavy atom. The molecule has 0 radical (unpaired) electrons. The number of aromatic carboxylic acids is 1. The summed E-state index contributed by atoms with van der Waals surface area (Å²) in [4.78, 5) is 22.6. The second-order valence-corrected chi connectivity index (χ2v) is 6.52. The van der Waals surface area contributed by atoms with Crippen molar-refractivity contribution in [3.63, 3.8) is 0 Å². The number of anilines is 1. The summed E-state index contributed by atoms with van der Waals surface area (Å²) < 4.78 is 0. The van der Waals surface area contributed by atoms with Crippen molar-refractivity contribution in [1.29, 1.82) is 0 Å². The molecule has 1 aromatic carbocycles. The summed E-state index contributed by atoms with van der Waals surface area (Å²) in [5.74, 6) is 1.78. The van der Waals surface area contributed by atoms with Gasteiger partial charge in [0.15, 0.2) is 0 Å². The predicted octanol–water partition coefficient (Wildman–Crippen LogP) is 3.30. The van der Waals surface area contributed by atoms with Crippen LogP contribution in [0.5, 0.6) is 0 Å². The van der Waals surface area contributed by atoms with Gasteiger partial charge in [-0.15, -0.1) is 0 Å². The SMILES string of the molecule is O=C(NCC1CCSCC1)Nc1ccc(C(=O)O)cc1Cl. The molecule has 2 rings (SSSR count). The fourth-order valence-electron chi connectivity index (χ4n) is 2.10. The van der Waals surface area contributed by atoms with E-state index in [2.05, 4.69) is 10.6 Å². The van der Waals surface area contributed by atoms with Gasteiger partial charge < -0.3 is 15.7 Å². The summed E-state index contributed by atoms with van der Waals surface area (Å²) in [5.41, 5.74) is 0.490. The van der Waals surface area contributed by atoms with Gasteiger partial charge in [0, 0.05) is 6.54 Å². The predicted molar refractivity (Wildman–Crippen MR) is 85.5 cm³/mol. The molecule has 1 aromatic rings. The third kappa shape index (κ3) is 4.82. The molecule has 0 aliphatic carbocycles. The van der Waals surface area contributed by atoms with Crippen LogP contribution in [0.1, 0.15) is 23.2 Å². The van der Waals surface area contributed by atoms with Crippen LogP contribution in [0.25, 0.3) is 0 Å². The minimum Gasteiger partial charge on any atom is -0.478 e. The lowest BCUT2D eigenvalue weighted by atomic mass is 10.0. The second-order valence-electron chi connectivity index (χ2n) is 4.89. The molecule has 0 saturated carbocycles. The van der Waals surface area contributed by atoms with Gasteiger partial charge in [-0.2, -0.15) is 11.8 Å². The molecule has 21 heavy (non-hydrogen) atoms. The quantitative estimate of drug-likeness (QED) is 0.792. The van der Waals surface area contributed by atoms with Crippen molar-refractivity contribution in [2.45, 2.75) is 12.8 Å². The molecular formula is C14H17ClN2O3S. The summed E-state index contributed by atoms with van der Waals surface area (Å²) >= 11 is 7.91. The molecule has 0 spiro atoms. The van der Waals surface area contributed by atoms with Crippen LogP contribution >= 0.6 is 23.4 Å². The average Bonchev–Trinajstić information content (AvgIpc) is 2.48. The van der Waals surface area contributed by atoms with Crippen LogP contribution in [-0.2, 0) is 0 Å². The number of carbonyl (C=O) groups is 2. The molecule has 7 heteroatoms. The molecule has 1 aliphatic rings. The monoisotopic (exact) mass is 328 g/mol. The van der Waals surface area contributed by atoms with Crippen LogP contribution in [0, 0.1) is 5.92 Å². The van der Waals surface area contributed by atoms with Crippen molar-refractivity contribution in [2.75, 3.05) is 23.4 Å². The Hall–Kier alpha value is -1.40. The molecule has 0 bridgehead atoms. The lowest BCUT2D eigenvalue weighted by molar-refractivity contribution is 0.0697. The molecule has 1 fully saturated rings. The summed E-state index contributed by atoms with van der Waals surface area (Å²) in [5, 5.41) is 14.5. The zero-order valence-corrected chi connectivity index (χ0v) is 13.0. The number of benzene rings is 1. The topological polar surface area (TPSA) is 78.4 Å². The number of carboxylic acids is 1. The van der Waals surface area contributed by atoms with Crippen molar-refractivity contribution in [3.05, 3.63) is 28.8 Å². The van der Waals surface area contributed by atoms with E-state index in [1.807, 2.05) is 11.8 Å². The second kappa shape index (κ2) is 7.56. The van der Waals surface area contributed by atoms with Crippen LogP contribution in [0.15, 0.2) is 18.2 Å². The molecule has 0 atom stereocenters. The zero-order chi connectivity index (χ0) is 15.2. The summed E-state index contributed by atoms with van der Waals surface area (Å²) in [6.07, 6.45) is 2.25. The number of rotatable bonds is 4. The highest BCUT2D eigenvalue weighted by atomic mass is 35.5. The lowest BCUT2D eigenvalue weighted by Crippen LogP contribution is -2.34. The van der Waals surface area contributed by atoms with Gasteiger partial charge in [-0.05, 0) is 48.5 Å². The van der Waals surface area contributed by atoms with Crippen molar-refractivity contribution in [3.8, 4) is 0 Å². The van der Waals surface area contributed by atoms with Gasteiger partial charge in [0.2, 0.25) is 0 Å². The Balaban J connectivity index is 1.85. The largest absolute Gasteiger partial charge is 0.478 e. The Labute approximate surface area is 132 Å². The van der Waals surface area contributed by atoms with E-state index >= 15 is 0 Å². The van der Waals surface area contributed by atoms with E-state index < -0.39 is 5.97 Å². The van der Waals surface area contributed by atoms with Crippen molar-refractivity contribution >= 4 is 41.1 Å². The third-order valence-electron chi connectivity index (χ3n) is 3.36. The smallest absolute Gasteiger partial charge is 0.335 e. The first-order chi connectivity index (χ1) is 10.1. The molecule has 5 nitrogen and oxygen atoms in total. The highest BCUT2D eigenvalue weighted by molar-refractivity contribution is 7.99. The van der Waals surface area contributed by atoms with Crippen molar-refractivity contribution in [1.82, 2.24) is 5.32 Å². The van der Waals surface area contributed by atoms with Gasteiger partial charge in [0.1, 0.15) is 0 Å². The minimum absolute atomic E-state index is 0.0886. The van der Waals surface area contributed by atoms with Gasteiger partial charge in [-0.1, -0.05) is 11.6 Å². The van der Waals surface area contributed by atoms with Crippen LogP contribution in [-0.4, -0.2) is 35.2 Å². The maximum absolute atomic E-state index is 11.8. The third-order valence-corrected chi connectivity index (χ3v) is 4.72. The highest BCUT2D eigenvalue weighted by Crippen LogP contribution is 2.24. The van der Waals surface area contributed by atoms with Crippen LogP contribution in [0.2, 0.25) is 5.02 Å². The number of nitrogens with one attached hydrogen (secondary N) is 2. The number of amides is 2. The van der Waals surface area contributed by atoms with E-state index in [1.54, 1.807) is 0 Å². The average molecular weight is 329 g/mol. The summed E-state index contributed by atoms with van der Waals surface area (Å²) in [6, 6.07) is 3.89. The highest BCUT2D eigenvalue weighted by Gasteiger charge is 2.15. The number of hydrogen-bond acceptors (Lipinski definition) is 3. The summed E-state index contributed by atoms with van der Waals surface area (Å²) in [7, 11) is 0. The van der Waals surface area contributed by atoms with E-state index in [4.69, 9.17) is 16.7 Å². The van der Waals surface area contributed by atoms with Crippen LogP contribution in [0.4, 0.5) is 10.5 Å². The molecule has 1 aliphatic heterocycles. The maximum atomic E-state index is 11.8. The first kappa shape index (κ1) is 16.0. The maximum Gasteiger partial charge on any atom is 0.335 e. The van der Waals surface area contributed by atoms with Crippen LogP contribution in [0.3, 0.4) is 0 Å². The number of carbonyl (C=O) groups excluding carboxylic acids is 1. The number of thioether (sulfide) groups is 1. The summed E-state index contributed by atoms with van der Waals surface area (Å²) in [6.45, 7) is 0.650. The standard InChI is InChI=1S/C14H17ClN2O3S/c15-11-7-10(13(18)19)1-2-12(11)17-14(20)16-8-9-3-5-21-6-4-9/h1-2,7,9H,3-6,8H2,(H,18,19)(H2,16,17,20). The lowest BCUT2D eigenvalue weighted by Gasteiger charge is -2.21. The van der Waals surface area contributed by atoms with Crippen molar-refractivity contribution in [2.24, 2.45) is 5.92 Å². The van der Waals surface area contributed by atoms with Gasteiger partial charge in [0.25, 0.3) is 0 Å². The van der Waals surface area contributed by atoms with E-state index in [-0.39, 0.29) is 16.6 Å². The van der Waals surface area contributed by atoms with Gasteiger partial charge in [0.05, 0.1) is 16.3 Å². The van der Waals surface area contributed by atoms with Crippen LogP contribution < -0.4 is 10.6 Å². The Kier molecular flexibility index (Phi) is 5.76. The van der Waals surface area contributed by atoms with E-state index in [1.165, 1.54) is 18.2 Å². The van der Waals surface area contributed by atoms with E-state index in [9.17, 15) is 9.59 Å². The Morgan fingerprint density at radius 2 is 2.05 bits per heavy atom. The fourth-order valence-corrected chi connectivity index (χ4v) is 3.54. The first-order valence-electron chi connectivity index (χ1n) is 6.71. The van der Waals surface area contributed by atoms with Crippen molar-refractivity contribution < 1.29 is 14.7 Å². The Bertz CT molecular complexity index is 533. The normalized spacial score (nSPS) is 15.5. The van der Waals surface area contributed by atoms with E-state index in [0.717, 1.165) is 24.3 Å². The number of carboxylic acid groups (broad SMARTS) is 1. The van der Waals surface area contributed by atoms with Gasteiger partial charge >= 0.3 is 12.0 Å². The molecule has 2 amide bonds. The van der Waals surface area contributed by atoms with Gasteiger partial charge in [-0.25, -0.2) is 9.59 Å². The molecule has 0 unspecified atom stereocenters. The fraction of sp³-hybridized carbons (Fsp3) is 0.429. The molecular weight excluding hydrogens is 312 g/mol. The molecule has 1 saturated heterocycles. The molecule has 114 valence electrons. The minimum atomic E-state index is -1.05. The number of urea groups is 1. The molecule has 0 aromatic heterocycles. The first-order valence-corrected chi connectivity index (χ1v) is 8.25. The molecule has 3 N–H and O–H groups in total. The zero-order valence-electron chi connectivity index (χ0n) is 11.4. The Morgan fingerprint density at radius 1 is 1.33 bits per heavy atom. The van der Waals surface area contributed by atoms with Gasteiger partial charge in [-0.3, -0.25) is 0 Å². The number of halogens is 1.